The molecule has 1 aromatic carbocycles. The largest absolute Gasteiger partial charge is 0.465 e. The lowest BCUT2D eigenvalue weighted by molar-refractivity contribution is 0.0600. The van der Waals surface area contributed by atoms with E-state index in [4.69, 9.17) is 0 Å². The summed E-state index contributed by atoms with van der Waals surface area (Å²) >= 11 is 0. The topological polar surface area (TPSA) is 93.2 Å². The highest BCUT2D eigenvalue weighted by atomic mass is 16.5. The van der Waals surface area contributed by atoms with E-state index in [0.29, 0.717) is 23.0 Å². The summed E-state index contributed by atoms with van der Waals surface area (Å²) < 4.78 is 4.62. The van der Waals surface area contributed by atoms with E-state index < -0.39 is 5.97 Å². The summed E-state index contributed by atoms with van der Waals surface area (Å²) in [5, 5.41) is 13.7. The number of carbonyl (C=O) groups is 2. The van der Waals surface area contributed by atoms with Crippen molar-refractivity contribution in [2.45, 2.75) is 13.8 Å². The van der Waals surface area contributed by atoms with Crippen molar-refractivity contribution in [3.8, 4) is 0 Å². The fourth-order valence-electron chi connectivity index (χ4n) is 1.86. The summed E-state index contributed by atoms with van der Waals surface area (Å²) in [4.78, 5) is 23.5. The number of esters is 1. The zero-order valence-corrected chi connectivity index (χ0v) is 13.9. The zero-order valence-electron chi connectivity index (χ0n) is 13.9. The van der Waals surface area contributed by atoms with Gasteiger partial charge in [-0.15, -0.1) is 10.2 Å². The highest BCUT2D eigenvalue weighted by Gasteiger charge is 2.10. The van der Waals surface area contributed by atoms with E-state index in [1.54, 1.807) is 36.4 Å². The fourth-order valence-corrected chi connectivity index (χ4v) is 1.86. The quantitative estimate of drug-likeness (QED) is 0.792. The first-order valence-corrected chi connectivity index (χ1v) is 7.57. The third-order valence-corrected chi connectivity index (χ3v) is 3.15. The first-order chi connectivity index (χ1) is 11.5. The van der Waals surface area contributed by atoms with Crippen molar-refractivity contribution in [1.82, 2.24) is 10.2 Å². The summed E-state index contributed by atoms with van der Waals surface area (Å²) in [6.07, 6.45) is 0. The van der Waals surface area contributed by atoms with Crippen LogP contribution in [0.25, 0.3) is 0 Å². The number of carbonyl (C=O) groups excluding carboxylic acids is 2. The molecule has 1 amide bonds. The number of aromatic nitrogens is 2. The van der Waals surface area contributed by atoms with Gasteiger partial charge >= 0.3 is 5.97 Å². The molecule has 7 nitrogen and oxygen atoms in total. The van der Waals surface area contributed by atoms with Gasteiger partial charge < -0.3 is 15.4 Å². The number of hydrogen-bond acceptors (Lipinski definition) is 6. The molecule has 7 heteroatoms. The van der Waals surface area contributed by atoms with Gasteiger partial charge in [0.15, 0.2) is 5.69 Å². The van der Waals surface area contributed by atoms with E-state index in [-0.39, 0.29) is 11.6 Å². The number of benzene rings is 1. The fraction of sp³-hybridized carbons (Fsp3) is 0.294. The summed E-state index contributed by atoms with van der Waals surface area (Å²) in [5.74, 6) is 0.317. The van der Waals surface area contributed by atoms with Crippen LogP contribution in [-0.2, 0) is 4.74 Å². The number of ether oxygens (including phenoxy) is 1. The number of amides is 1. The van der Waals surface area contributed by atoms with Gasteiger partial charge in [-0.1, -0.05) is 13.8 Å². The zero-order chi connectivity index (χ0) is 17.5. The second-order valence-electron chi connectivity index (χ2n) is 5.60. The lowest BCUT2D eigenvalue weighted by Crippen LogP contribution is -2.15. The molecule has 24 heavy (non-hydrogen) atoms. The van der Waals surface area contributed by atoms with Crippen LogP contribution in [0.4, 0.5) is 11.5 Å². The lowest BCUT2D eigenvalue weighted by Gasteiger charge is -2.08. The van der Waals surface area contributed by atoms with Gasteiger partial charge in [-0.3, -0.25) is 4.79 Å². The lowest BCUT2D eigenvalue weighted by atomic mass is 10.2. The molecule has 0 aliphatic heterocycles. The van der Waals surface area contributed by atoms with Gasteiger partial charge in [-0.05, 0) is 42.3 Å². The Morgan fingerprint density at radius 3 is 2.33 bits per heavy atom. The smallest absolute Gasteiger partial charge is 0.337 e. The third kappa shape index (κ3) is 4.77. The van der Waals surface area contributed by atoms with Crippen molar-refractivity contribution < 1.29 is 14.3 Å². The van der Waals surface area contributed by atoms with Gasteiger partial charge in [0.05, 0.1) is 12.7 Å². The van der Waals surface area contributed by atoms with Crippen molar-refractivity contribution in [1.29, 1.82) is 0 Å². The van der Waals surface area contributed by atoms with Crippen molar-refractivity contribution in [2.75, 3.05) is 24.3 Å². The number of rotatable bonds is 6. The Morgan fingerprint density at radius 2 is 1.79 bits per heavy atom. The first-order valence-electron chi connectivity index (χ1n) is 7.57. The Morgan fingerprint density at radius 1 is 1.08 bits per heavy atom. The highest BCUT2D eigenvalue weighted by molar-refractivity contribution is 6.03. The van der Waals surface area contributed by atoms with Crippen LogP contribution in [0.3, 0.4) is 0 Å². The monoisotopic (exact) mass is 328 g/mol. The Bertz CT molecular complexity index is 697. The molecule has 1 heterocycles. The maximum atomic E-state index is 12.1. The van der Waals surface area contributed by atoms with Crippen LogP contribution in [-0.4, -0.2) is 35.7 Å². The van der Waals surface area contributed by atoms with Crippen LogP contribution in [0, 0.1) is 5.92 Å². The molecule has 2 rings (SSSR count). The molecule has 0 unspecified atom stereocenters. The minimum atomic E-state index is -0.428. The number of nitrogens with zero attached hydrogens (tertiary/aromatic N) is 2. The SMILES string of the molecule is COC(=O)c1ccc(NC(=O)c2ccc(NCC(C)C)nn2)cc1. The normalized spacial score (nSPS) is 10.3. The van der Waals surface area contributed by atoms with Crippen LogP contribution in [0.5, 0.6) is 0 Å². The molecule has 0 spiro atoms. The molecule has 0 radical (unpaired) electrons. The van der Waals surface area contributed by atoms with Crippen LogP contribution < -0.4 is 10.6 Å². The molecule has 0 atom stereocenters. The molecule has 0 saturated carbocycles. The number of methoxy groups -OCH3 is 1. The summed E-state index contributed by atoms with van der Waals surface area (Å²) in [6.45, 7) is 4.97. The van der Waals surface area contributed by atoms with Gasteiger partial charge in [-0.25, -0.2) is 4.79 Å². The Kier molecular flexibility index (Phi) is 5.83. The van der Waals surface area contributed by atoms with Crippen molar-refractivity contribution >= 4 is 23.4 Å². The van der Waals surface area contributed by atoms with E-state index in [1.807, 2.05) is 0 Å². The highest BCUT2D eigenvalue weighted by Crippen LogP contribution is 2.12. The minimum Gasteiger partial charge on any atom is -0.465 e. The van der Waals surface area contributed by atoms with Gasteiger partial charge in [0.25, 0.3) is 5.91 Å². The molecule has 0 bridgehead atoms. The van der Waals surface area contributed by atoms with E-state index in [1.165, 1.54) is 7.11 Å². The van der Waals surface area contributed by atoms with Crippen LogP contribution in [0.15, 0.2) is 36.4 Å². The van der Waals surface area contributed by atoms with Gasteiger partial charge in [-0.2, -0.15) is 0 Å². The maximum absolute atomic E-state index is 12.1. The van der Waals surface area contributed by atoms with E-state index >= 15 is 0 Å². The van der Waals surface area contributed by atoms with Gasteiger partial charge in [0.2, 0.25) is 0 Å². The molecule has 0 fully saturated rings. The van der Waals surface area contributed by atoms with Crippen LogP contribution in [0.1, 0.15) is 34.7 Å². The Labute approximate surface area is 140 Å². The molecule has 2 aromatic rings. The molecular formula is C17H20N4O3. The van der Waals surface area contributed by atoms with E-state index in [9.17, 15) is 9.59 Å². The Hall–Kier alpha value is -2.96. The molecule has 0 saturated heterocycles. The second-order valence-corrected chi connectivity index (χ2v) is 5.60. The Balaban J connectivity index is 1.97. The minimum absolute atomic E-state index is 0.210. The predicted octanol–water partition coefficient (Wildman–Crippen LogP) is 2.58. The van der Waals surface area contributed by atoms with Crippen molar-refractivity contribution in [3.05, 3.63) is 47.7 Å². The number of anilines is 2. The maximum Gasteiger partial charge on any atom is 0.337 e. The molecule has 0 aliphatic rings. The predicted molar refractivity (Wildman–Crippen MR) is 91.1 cm³/mol. The summed E-state index contributed by atoms with van der Waals surface area (Å²) in [7, 11) is 1.32. The summed E-state index contributed by atoms with van der Waals surface area (Å²) in [5.41, 5.74) is 1.18. The average Bonchev–Trinajstić information content (AvgIpc) is 2.60. The molecule has 126 valence electrons. The molecule has 2 N–H and O–H groups in total. The van der Waals surface area contributed by atoms with Crippen LogP contribution >= 0.6 is 0 Å². The first kappa shape index (κ1) is 17.4. The van der Waals surface area contributed by atoms with Crippen molar-refractivity contribution in [3.63, 3.8) is 0 Å². The van der Waals surface area contributed by atoms with Crippen LogP contribution in [0.2, 0.25) is 0 Å². The molecular weight excluding hydrogens is 308 g/mol. The number of nitrogens with one attached hydrogen (secondary N) is 2. The van der Waals surface area contributed by atoms with Crippen molar-refractivity contribution in [2.24, 2.45) is 5.92 Å². The van der Waals surface area contributed by atoms with Gasteiger partial charge in [0, 0.05) is 12.2 Å². The number of hydrogen-bond donors (Lipinski definition) is 2. The second kappa shape index (κ2) is 8.05. The van der Waals surface area contributed by atoms with Gasteiger partial charge in [0.1, 0.15) is 5.82 Å². The molecule has 0 aliphatic carbocycles. The average molecular weight is 328 g/mol. The van der Waals surface area contributed by atoms with E-state index in [0.717, 1.165) is 6.54 Å². The summed E-state index contributed by atoms with van der Waals surface area (Å²) in [6, 6.07) is 9.71. The molecule has 1 aromatic heterocycles. The third-order valence-electron chi connectivity index (χ3n) is 3.15. The van der Waals surface area contributed by atoms with E-state index in [2.05, 4.69) is 39.4 Å². The standard InChI is InChI=1S/C17H20N4O3/c1-11(2)10-18-15-9-8-14(20-21-15)16(22)19-13-6-4-12(5-7-13)17(23)24-3/h4-9,11H,10H2,1-3H3,(H,18,21)(H,19,22).